The number of fused-ring (bicyclic) bond motifs is 1. The molecule has 0 fully saturated rings. The van der Waals surface area contributed by atoms with Gasteiger partial charge in [-0.05, 0) is 93.1 Å². The summed E-state index contributed by atoms with van der Waals surface area (Å²) in [4.78, 5) is 27.9. The third-order valence-corrected chi connectivity index (χ3v) is 5.20. The first-order valence-electron chi connectivity index (χ1n) is 9.52. The van der Waals surface area contributed by atoms with Crippen molar-refractivity contribution >= 4 is 28.4 Å². The lowest BCUT2D eigenvalue weighted by Gasteiger charge is -2.25. The number of aromatic amines is 1. The largest absolute Gasteiger partial charge is 0.478 e. The smallest absolute Gasteiger partial charge is 0.263 e. The summed E-state index contributed by atoms with van der Waals surface area (Å²) in [7, 11) is 0. The van der Waals surface area contributed by atoms with Gasteiger partial charge < -0.3 is 15.0 Å². The number of benzene rings is 2. The average molecular weight is 413 g/mol. The molecule has 1 aromatic heterocycles. The van der Waals surface area contributed by atoms with Crippen LogP contribution in [0.15, 0.2) is 47.3 Å². The number of H-pyrrole nitrogens is 1. The van der Waals surface area contributed by atoms with E-state index in [0.717, 1.165) is 16.5 Å². The van der Waals surface area contributed by atoms with Crippen LogP contribution in [0.5, 0.6) is 5.75 Å². The zero-order chi connectivity index (χ0) is 21.2. The van der Waals surface area contributed by atoms with Crippen LogP contribution in [0, 0.1) is 13.8 Å². The van der Waals surface area contributed by atoms with Gasteiger partial charge in [-0.15, -0.1) is 0 Å². The summed E-state index contributed by atoms with van der Waals surface area (Å²) >= 11 is 5.87. The number of rotatable bonds is 6. The maximum atomic E-state index is 12.6. The molecule has 0 saturated heterocycles. The number of hydrogen-bond acceptors (Lipinski definition) is 3. The van der Waals surface area contributed by atoms with Crippen molar-refractivity contribution in [2.45, 2.75) is 39.7 Å². The number of carbonyl (C=O) groups excluding carboxylic acids is 1. The molecule has 0 saturated carbocycles. The molecule has 0 aliphatic carbocycles. The minimum atomic E-state index is -1.06. The summed E-state index contributed by atoms with van der Waals surface area (Å²) in [6.45, 7) is 7.80. The van der Waals surface area contributed by atoms with Gasteiger partial charge in [-0.1, -0.05) is 11.6 Å². The van der Waals surface area contributed by atoms with Crippen LogP contribution in [0.4, 0.5) is 0 Å². The van der Waals surface area contributed by atoms with Crippen LogP contribution in [0.2, 0.25) is 5.02 Å². The van der Waals surface area contributed by atoms with Gasteiger partial charge in [0.1, 0.15) is 5.75 Å². The van der Waals surface area contributed by atoms with Crippen LogP contribution in [-0.2, 0) is 11.2 Å². The van der Waals surface area contributed by atoms with E-state index >= 15 is 0 Å². The number of halogens is 1. The molecule has 6 heteroatoms. The van der Waals surface area contributed by atoms with Crippen LogP contribution in [0.1, 0.15) is 30.5 Å². The van der Waals surface area contributed by atoms with Gasteiger partial charge in [-0.25, -0.2) is 0 Å². The van der Waals surface area contributed by atoms with Gasteiger partial charge in [-0.2, -0.15) is 0 Å². The highest BCUT2D eigenvalue weighted by molar-refractivity contribution is 6.30. The Balaban J connectivity index is 1.64. The number of nitrogens with one attached hydrogen (secondary N) is 2. The number of ether oxygens (including phenoxy) is 1. The SMILES string of the molecule is Cc1cc2cc(CCNC(=O)C(C)(C)Oc3ccc(Cl)cc3)c(=O)[nH]c2cc1C. The molecule has 2 aromatic carbocycles. The first kappa shape index (κ1) is 20.9. The van der Waals surface area contributed by atoms with E-state index in [2.05, 4.69) is 16.4 Å². The molecular weight excluding hydrogens is 388 g/mol. The summed E-state index contributed by atoms with van der Waals surface area (Å²) < 4.78 is 5.79. The number of pyridine rings is 1. The Kier molecular flexibility index (Phi) is 5.99. The Morgan fingerprint density at radius 3 is 2.45 bits per heavy atom. The minimum absolute atomic E-state index is 0.133. The van der Waals surface area contributed by atoms with E-state index in [1.807, 2.05) is 26.0 Å². The van der Waals surface area contributed by atoms with Crippen LogP contribution < -0.4 is 15.6 Å². The van der Waals surface area contributed by atoms with Gasteiger partial charge in [0.05, 0.1) is 0 Å². The fraction of sp³-hybridized carbons (Fsp3) is 0.304. The lowest BCUT2D eigenvalue weighted by Crippen LogP contribution is -2.47. The van der Waals surface area contributed by atoms with Crippen molar-refractivity contribution in [3.63, 3.8) is 0 Å². The van der Waals surface area contributed by atoms with Crippen molar-refractivity contribution in [1.82, 2.24) is 10.3 Å². The Labute approximate surface area is 175 Å². The third-order valence-electron chi connectivity index (χ3n) is 4.95. The van der Waals surface area contributed by atoms with Gasteiger partial charge in [-0.3, -0.25) is 9.59 Å². The predicted molar refractivity (Wildman–Crippen MR) is 117 cm³/mol. The first-order valence-corrected chi connectivity index (χ1v) is 9.89. The van der Waals surface area contributed by atoms with Crippen molar-refractivity contribution in [2.24, 2.45) is 0 Å². The maximum absolute atomic E-state index is 12.6. The van der Waals surface area contributed by atoms with Crippen molar-refractivity contribution in [2.75, 3.05) is 6.54 Å². The van der Waals surface area contributed by atoms with Crippen LogP contribution in [-0.4, -0.2) is 23.0 Å². The second-order valence-electron chi connectivity index (χ2n) is 7.72. The first-order chi connectivity index (χ1) is 13.7. The lowest BCUT2D eigenvalue weighted by atomic mass is 10.0. The van der Waals surface area contributed by atoms with E-state index in [0.29, 0.717) is 29.3 Å². The number of amides is 1. The van der Waals surface area contributed by atoms with Gasteiger partial charge in [0.25, 0.3) is 11.5 Å². The molecule has 0 aliphatic heterocycles. The second-order valence-corrected chi connectivity index (χ2v) is 8.16. The zero-order valence-corrected chi connectivity index (χ0v) is 17.8. The Morgan fingerprint density at radius 1 is 1.10 bits per heavy atom. The molecular formula is C23H25ClN2O3. The Bertz CT molecular complexity index is 1100. The molecule has 152 valence electrons. The summed E-state index contributed by atoms with van der Waals surface area (Å²) in [6.07, 6.45) is 0.432. The fourth-order valence-corrected chi connectivity index (χ4v) is 3.20. The molecule has 2 N–H and O–H groups in total. The normalized spacial score (nSPS) is 11.5. The minimum Gasteiger partial charge on any atom is -0.478 e. The second kappa shape index (κ2) is 8.29. The third kappa shape index (κ3) is 4.98. The highest BCUT2D eigenvalue weighted by atomic mass is 35.5. The number of carbonyl (C=O) groups is 1. The summed E-state index contributed by atoms with van der Waals surface area (Å²) in [5.74, 6) is 0.308. The zero-order valence-electron chi connectivity index (χ0n) is 17.1. The van der Waals surface area contributed by atoms with E-state index < -0.39 is 5.60 Å². The molecule has 5 nitrogen and oxygen atoms in total. The highest BCUT2D eigenvalue weighted by Crippen LogP contribution is 2.21. The summed E-state index contributed by atoms with van der Waals surface area (Å²) in [5.41, 5.74) is 2.58. The van der Waals surface area contributed by atoms with Crippen LogP contribution in [0.25, 0.3) is 10.9 Å². The maximum Gasteiger partial charge on any atom is 0.263 e. The van der Waals surface area contributed by atoms with Crippen LogP contribution >= 0.6 is 11.6 Å². The van der Waals surface area contributed by atoms with Crippen LogP contribution in [0.3, 0.4) is 0 Å². The molecule has 3 aromatic rings. The molecule has 0 unspecified atom stereocenters. The molecule has 1 heterocycles. The molecule has 0 aliphatic rings. The molecule has 0 spiro atoms. The van der Waals surface area contributed by atoms with Crippen molar-refractivity contribution < 1.29 is 9.53 Å². The molecule has 3 rings (SSSR count). The molecule has 29 heavy (non-hydrogen) atoms. The highest BCUT2D eigenvalue weighted by Gasteiger charge is 2.29. The standard InChI is InChI=1S/C23H25ClN2O3/c1-14-11-17-13-16(21(27)26-20(17)12-15(14)2)9-10-25-22(28)23(3,4)29-19-7-5-18(24)6-8-19/h5-8,11-13H,9-10H2,1-4H3,(H,25,28)(H,26,27). The topological polar surface area (TPSA) is 71.2 Å². The van der Waals surface area contributed by atoms with E-state index in [1.165, 1.54) is 5.56 Å². The summed E-state index contributed by atoms with van der Waals surface area (Å²) in [5, 5.41) is 4.44. The molecule has 0 radical (unpaired) electrons. The van der Waals surface area contributed by atoms with E-state index in [9.17, 15) is 9.59 Å². The van der Waals surface area contributed by atoms with Gasteiger partial charge >= 0.3 is 0 Å². The predicted octanol–water partition coefficient (Wildman–Crippen LogP) is 4.31. The number of aromatic nitrogens is 1. The van der Waals surface area contributed by atoms with Crippen molar-refractivity contribution in [3.8, 4) is 5.75 Å². The van der Waals surface area contributed by atoms with E-state index in [-0.39, 0.29) is 11.5 Å². The average Bonchev–Trinajstić information content (AvgIpc) is 2.65. The molecule has 0 bridgehead atoms. The Hall–Kier alpha value is -2.79. The van der Waals surface area contributed by atoms with Gasteiger partial charge in [0.15, 0.2) is 5.60 Å². The van der Waals surface area contributed by atoms with E-state index in [4.69, 9.17) is 16.3 Å². The monoisotopic (exact) mass is 412 g/mol. The Morgan fingerprint density at radius 2 is 1.76 bits per heavy atom. The van der Waals surface area contributed by atoms with E-state index in [1.54, 1.807) is 38.1 Å². The van der Waals surface area contributed by atoms with Gasteiger partial charge in [0, 0.05) is 22.6 Å². The quantitative estimate of drug-likeness (QED) is 0.633. The summed E-state index contributed by atoms with van der Waals surface area (Å²) in [6, 6.07) is 12.8. The number of hydrogen-bond donors (Lipinski definition) is 2. The van der Waals surface area contributed by atoms with Crippen molar-refractivity contribution in [3.05, 3.63) is 74.5 Å². The molecule has 1 amide bonds. The lowest BCUT2D eigenvalue weighted by molar-refractivity contribution is -0.134. The van der Waals surface area contributed by atoms with Gasteiger partial charge in [0.2, 0.25) is 0 Å². The van der Waals surface area contributed by atoms with Crippen molar-refractivity contribution in [1.29, 1.82) is 0 Å². The molecule has 0 atom stereocenters. The number of aryl methyl sites for hydroxylation is 2. The fourth-order valence-electron chi connectivity index (χ4n) is 3.07.